The van der Waals surface area contributed by atoms with Crippen LogP contribution in [0.25, 0.3) is 11.3 Å². The summed E-state index contributed by atoms with van der Waals surface area (Å²) in [4.78, 5) is 23.9. The largest absolute Gasteiger partial charge is 0.496 e. The van der Waals surface area contributed by atoms with Crippen molar-refractivity contribution < 1.29 is 9.53 Å². The van der Waals surface area contributed by atoms with Crippen LogP contribution in [0.2, 0.25) is 0 Å². The van der Waals surface area contributed by atoms with E-state index >= 15 is 0 Å². The van der Waals surface area contributed by atoms with E-state index in [4.69, 9.17) is 9.72 Å². The second kappa shape index (κ2) is 9.39. The van der Waals surface area contributed by atoms with Gasteiger partial charge in [0.05, 0.1) is 17.8 Å². The summed E-state index contributed by atoms with van der Waals surface area (Å²) in [6.07, 6.45) is 6.19. The van der Waals surface area contributed by atoms with Crippen molar-refractivity contribution in [3.05, 3.63) is 64.7 Å². The van der Waals surface area contributed by atoms with Crippen LogP contribution in [0.5, 0.6) is 5.75 Å². The Morgan fingerprint density at radius 1 is 1.27 bits per heavy atom. The minimum atomic E-state index is 0.192. The van der Waals surface area contributed by atoms with Gasteiger partial charge in [0.25, 0.3) is 0 Å². The lowest BCUT2D eigenvalue weighted by atomic mass is 9.95. The van der Waals surface area contributed by atoms with Gasteiger partial charge in [-0.15, -0.1) is 11.3 Å². The van der Waals surface area contributed by atoms with Gasteiger partial charge in [-0.25, -0.2) is 4.98 Å². The minimum absolute atomic E-state index is 0.192. The highest BCUT2D eigenvalue weighted by Gasteiger charge is 2.28. The average molecular weight is 422 g/mol. The van der Waals surface area contributed by atoms with Crippen molar-refractivity contribution in [2.75, 3.05) is 20.2 Å². The molecule has 1 aliphatic rings. The monoisotopic (exact) mass is 421 g/mol. The van der Waals surface area contributed by atoms with Crippen LogP contribution in [0.3, 0.4) is 0 Å². The van der Waals surface area contributed by atoms with Crippen molar-refractivity contribution in [1.82, 2.24) is 14.9 Å². The number of benzene rings is 1. The zero-order chi connectivity index (χ0) is 20.9. The Bertz CT molecular complexity index is 989. The fourth-order valence-electron chi connectivity index (χ4n) is 4.06. The number of nitrogens with zero attached hydrogens (tertiary/aromatic N) is 3. The number of hydrogen-bond acceptors (Lipinski definition) is 5. The number of piperidine rings is 1. The van der Waals surface area contributed by atoms with Crippen LogP contribution in [0.15, 0.2) is 54.2 Å². The number of amides is 1. The summed E-state index contributed by atoms with van der Waals surface area (Å²) in [6, 6.07) is 11.9. The van der Waals surface area contributed by atoms with Crippen LogP contribution in [0, 0.1) is 0 Å². The second-order valence-electron chi connectivity index (χ2n) is 7.84. The fourth-order valence-corrected chi connectivity index (χ4v) is 5.01. The number of likely N-dealkylation sites (tertiary alicyclic amines) is 1. The fraction of sp³-hybridized carbons (Fsp3) is 0.375. The summed E-state index contributed by atoms with van der Waals surface area (Å²) in [5.41, 5.74) is 3.12. The molecule has 1 aromatic carbocycles. The first-order valence-electron chi connectivity index (χ1n) is 10.4. The maximum atomic E-state index is 12.9. The lowest BCUT2D eigenvalue weighted by Crippen LogP contribution is -2.39. The Kier molecular flexibility index (Phi) is 6.43. The molecule has 0 bridgehead atoms. The predicted octanol–water partition coefficient (Wildman–Crippen LogP) is 5.11. The van der Waals surface area contributed by atoms with Gasteiger partial charge in [-0.2, -0.15) is 0 Å². The van der Waals surface area contributed by atoms with E-state index in [1.165, 1.54) is 0 Å². The summed E-state index contributed by atoms with van der Waals surface area (Å²) >= 11 is 1.68. The van der Waals surface area contributed by atoms with Crippen molar-refractivity contribution in [1.29, 1.82) is 0 Å². The number of methoxy groups -OCH3 is 1. The summed E-state index contributed by atoms with van der Waals surface area (Å²) in [7, 11) is 1.68. The predicted molar refractivity (Wildman–Crippen MR) is 120 cm³/mol. The smallest absolute Gasteiger partial charge is 0.223 e. The van der Waals surface area contributed by atoms with Crippen molar-refractivity contribution in [3.63, 3.8) is 0 Å². The van der Waals surface area contributed by atoms with Gasteiger partial charge in [-0.3, -0.25) is 9.78 Å². The SMILES string of the molecule is COc1ccccc1-c1csc([C@@H]2CCCN(C(=O)C[C@H](C)c3ccncc3)C2)n1. The quantitative estimate of drug-likeness (QED) is 0.555. The zero-order valence-electron chi connectivity index (χ0n) is 17.5. The normalized spacial score (nSPS) is 17.5. The third-order valence-corrected chi connectivity index (χ3v) is 6.79. The lowest BCUT2D eigenvalue weighted by molar-refractivity contribution is -0.132. The van der Waals surface area contributed by atoms with Gasteiger partial charge in [-0.05, 0) is 48.6 Å². The average Bonchev–Trinajstić information content (AvgIpc) is 3.30. The molecule has 0 N–H and O–H groups in total. The molecule has 156 valence electrons. The topological polar surface area (TPSA) is 55.3 Å². The minimum Gasteiger partial charge on any atom is -0.496 e. The molecular formula is C24H27N3O2S. The summed E-state index contributed by atoms with van der Waals surface area (Å²) in [5, 5.41) is 3.20. The molecule has 1 saturated heterocycles. The van der Waals surface area contributed by atoms with Crippen LogP contribution >= 0.6 is 11.3 Å². The molecule has 1 aliphatic heterocycles. The van der Waals surface area contributed by atoms with E-state index in [2.05, 4.69) is 17.3 Å². The number of carbonyl (C=O) groups excluding carboxylic acids is 1. The molecule has 6 heteroatoms. The zero-order valence-corrected chi connectivity index (χ0v) is 18.3. The van der Waals surface area contributed by atoms with Gasteiger partial charge in [-0.1, -0.05) is 19.1 Å². The first-order chi connectivity index (χ1) is 14.7. The number of para-hydroxylation sites is 1. The highest BCUT2D eigenvalue weighted by atomic mass is 32.1. The molecule has 2 aromatic heterocycles. The van der Waals surface area contributed by atoms with E-state index in [-0.39, 0.29) is 11.8 Å². The molecule has 4 rings (SSSR count). The van der Waals surface area contributed by atoms with Crippen LogP contribution in [-0.2, 0) is 4.79 Å². The molecule has 0 spiro atoms. The highest BCUT2D eigenvalue weighted by molar-refractivity contribution is 7.10. The number of rotatable bonds is 6. The van der Waals surface area contributed by atoms with Crippen LogP contribution < -0.4 is 4.74 Å². The highest BCUT2D eigenvalue weighted by Crippen LogP contribution is 2.35. The molecule has 30 heavy (non-hydrogen) atoms. The lowest BCUT2D eigenvalue weighted by Gasteiger charge is -2.32. The van der Waals surface area contributed by atoms with Crippen molar-refractivity contribution >= 4 is 17.2 Å². The van der Waals surface area contributed by atoms with E-state index in [1.54, 1.807) is 30.8 Å². The number of thiazole rings is 1. The molecule has 0 unspecified atom stereocenters. The van der Waals surface area contributed by atoms with E-state index in [0.717, 1.165) is 53.5 Å². The maximum absolute atomic E-state index is 12.9. The molecular weight excluding hydrogens is 394 g/mol. The maximum Gasteiger partial charge on any atom is 0.223 e. The Balaban J connectivity index is 1.43. The van der Waals surface area contributed by atoms with Crippen molar-refractivity contribution in [2.45, 2.75) is 38.0 Å². The van der Waals surface area contributed by atoms with E-state index in [0.29, 0.717) is 12.3 Å². The Labute approximate surface area is 181 Å². The molecule has 0 aliphatic carbocycles. The van der Waals surface area contributed by atoms with Crippen molar-refractivity contribution in [3.8, 4) is 17.0 Å². The van der Waals surface area contributed by atoms with Gasteiger partial charge in [0.1, 0.15) is 5.75 Å². The first kappa shape index (κ1) is 20.5. The van der Waals surface area contributed by atoms with Gasteiger partial charge < -0.3 is 9.64 Å². The van der Waals surface area contributed by atoms with E-state index in [1.807, 2.05) is 41.3 Å². The van der Waals surface area contributed by atoms with Gasteiger partial charge in [0.15, 0.2) is 0 Å². The first-order valence-corrected chi connectivity index (χ1v) is 11.3. The van der Waals surface area contributed by atoms with E-state index < -0.39 is 0 Å². The summed E-state index contributed by atoms with van der Waals surface area (Å²) in [5.74, 6) is 1.55. The Morgan fingerprint density at radius 3 is 2.87 bits per heavy atom. The van der Waals surface area contributed by atoms with Crippen LogP contribution in [0.4, 0.5) is 0 Å². The Morgan fingerprint density at radius 2 is 2.07 bits per heavy atom. The third-order valence-electron chi connectivity index (χ3n) is 5.78. The van der Waals surface area contributed by atoms with Crippen molar-refractivity contribution in [2.24, 2.45) is 0 Å². The Hall–Kier alpha value is -2.73. The standard InChI is InChI=1S/C24H27N3O2S/c1-17(18-9-11-25-12-10-18)14-23(28)27-13-5-6-19(15-27)24-26-21(16-30-24)20-7-3-4-8-22(20)29-2/h3-4,7-12,16-17,19H,5-6,13-15H2,1-2H3/t17-,19+/m0/s1. The molecule has 3 aromatic rings. The van der Waals surface area contributed by atoms with Crippen LogP contribution in [-0.4, -0.2) is 41.0 Å². The molecule has 0 radical (unpaired) electrons. The number of hydrogen-bond donors (Lipinski definition) is 0. The van der Waals surface area contributed by atoms with Gasteiger partial charge in [0.2, 0.25) is 5.91 Å². The summed E-state index contributed by atoms with van der Waals surface area (Å²) in [6.45, 7) is 3.69. The third kappa shape index (κ3) is 4.54. The van der Waals surface area contributed by atoms with Gasteiger partial charge in [0, 0.05) is 48.8 Å². The van der Waals surface area contributed by atoms with E-state index in [9.17, 15) is 4.79 Å². The number of ether oxygens (including phenoxy) is 1. The number of carbonyl (C=O) groups is 1. The van der Waals surface area contributed by atoms with Crippen LogP contribution in [0.1, 0.15) is 48.6 Å². The second-order valence-corrected chi connectivity index (χ2v) is 8.73. The molecule has 2 atom stereocenters. The molecule has 1 fully saturated rings. The molecule has 0 saturated carbocycles. The number of pyridine rings is 1. The molecule has 1 amide bonds. The number of aromatic nitrogens is 2. The molecule has 3 heterocycles. The van der Waals surface area contributed by atoms with Gasteiger partial charge >= 0.3 is 0 Å². The summed E-state index contributed by atoms with van der Waals surface area (Å²) < 4.78 is 5.48. The molecule has 5 nitrogen and oxygen atoms in total.